The van der Waals surface area contributed by atoms with E-state index in [1.54, 1.807) is 0 Å². The number of hydrogen-bond donors (Lipinski definition) is 7. The van der Waals surface area contributed by atoms with E-state index < -0.39 is 42.7 Å². The van der Waals surface area contributed by atoms with Gasteiger partial charge in [-0.2, -0.15) is 0 Å². The molecule has 2 atom stereocenters. The zero-order chi connectivity index (χ0) is 14.5. The number of aliphatic carboxylic acids is 1. The van der Waals surface area contributed by atoms with Crippen molar-refractivity contribution in [3.05, 3.63) is 0 Å². The first-order chi connectivity index (χ1) is 8.87. The Labute approximate surface area is 111 Å². The molecule has 1 saturated carbocycles. The molecule has 2 aliphatic rings. The van der Waals surface area contributed by atoms with Crippen molar-refractivity contribution in [1.82, 2.24) is 10.6 Å². The maximum atomic E-state index is 10.5. The lowest BCUT2D eigenvalue weighted by molar-refractivity contribution is -0.187. The van der Waals surface area contributed by atoms with Gasteiger partial charge in [-0.25, -0.2) is 4.79 Å². The number of hydrogen-bond acceptors (Lipinski definition) is 7. The third-order valence-corrected chi connectivity index (χ3v) is 3.24. The van der Waals surface area contributed by atoms with Crippen molar-refractivity contribution in [1.29, 1.82) is 0 Å². The van der Waals surface area contributed by atoms with Gasteiger partial charge >= 0.3 is 5.97 Å². The molecule has 1 aliphatic carbocycles. The molecule has 1 heterocycles. The zero-order valence-corrected chi connectivity index (χ0v) is 10.6. The first kappa shape index (κ1) is 16.3. The molecular formula is C11H22N2O6. The number of carboxylic acids is 1. The van der Waals surface area contributed by atoms with Crippen LogP contribution in [0.5, 0.6) is 0 Å². The highest BCUT2D eigenvalue weighted by Gasteiger charge is 2.48. The monoisotopic (exact) mass is 278 g/mol. The van der Waals surface area contributed by atoms with Crippen LogP contribution in [0.4, 0.5) is 0 Å². The van der Waals surface area contributed by atoms with E-state index in [4.69, 9.17) is 20.4 Å². The second-order valence-corrected chi connectivity index (χ2v) is 4.87. The average Bonchev–Trinajstić information content (AvgIpc) is 2.38. The van der Waals surface area contributed by atoms with Crippen molar-refractivity contribution in [3.63, 3.8) is 0 Å². The minimum absolute atomic E-state index is 0.472. The van der Waals surface area contributed by atoms with Crippen LogP contribution in [0.25, 0.3) is 0 Å². The van der Waals surface area contributed by atoms with Crippen LogP contribution in [0.1, 0.15) is 12.8 Å². The van der Waals surface area contributed by atoms with Gasteiger partial charge in [-0.1, -0.05) is 0 Å². The maximum absolute atomic E-state index is 10.5. The van der Waals surface area contributed by atoms with E-state index in [9.17, 15) is 9.90 Å². The fourth-order valence-electron chi connectivity index (χ4n) is 2.05. The molecule has 0 bridgehead atoms. The summed E-state index contributed by atoms with van der Waals surface area (Å²) in [6.45, 7) is 4.56. The molecule has 8 heteroatoms. The number of carboxylic acid groups (broad SMARTS) is 1. The highest BCUT2D eigenvalue weighted by molar-refractivity contribution is 5.77. The van der Waals surface area contributed by atoms with Crippen LogP contribution in [-0.2, 0) is 4.79 Å². The van der Waals surface area contributed by atoms with Gasteiger partial charge < -0.3 is 36.2 Å². The zero-order valence-electron chi connectivity index (χ0n) is 10.6. The van der Waals surface area contributed by atoms with E-state index >= 15 is 0 Å². The standard InChI is InChI=1S/C7H12O6.C4H10N2/c8-3-1-7(13,6(11)12)2-4(9)5(3)10;1-2-6-4-3-5-1/h3-5,8-10,13H,1-2H2,(H,11,12);5-6H,1-4H2/t3-,4-,5?,7?;/m0./s1. The van der Waals surface area contributed by atoms with Crippen LogP contribution in [0, 0.1) is 0 Å². The van der Waals surface area contributed by atoms with E-state index in [2.05, 4.69) is 10.6 Å². The van der Waals surface area contributed by atoms with Gasteiger partial charge in [0.25, 0.3) is 0 Å². The molecule has 0 aromatic heterocycles. The van der Waals surface area contributed by atoms with Crippen molar-refractivity contribution in [2.45, 2.75) is 36.8 Å². The van der Waals surface area contributed by atoms with E-state index in [0.717, 1.165) is 26.2 Å². The number of aliphatic hydroxyl groups is 4. The number of aliphatic hydroxyl groups excluding tert-OH is 3. The third-order valence-electron chi connectivity index (χ3n) is 3.24. The lowest BCUT2D eigenvalue weighted by Crippen LogP contribution is -2.56. The van der Waals surface area contributed by atoms with E-state index in [1.165, 1.54) is 0 Å². The molecular weight excluding hydrogens is 256 g/mol. The summed E-state index contributed by atoms with van der Waals surface area (Å²) in [5.41, 5.74) is -2.14. The Bertz CT molecular complexity index is 273. The number of rotatable bonds is 1. The largest absolute Gasteiger partial charge is 0.479 e. The topological polar surface area (TPSA) is 142 Å². The molecule has 19 heavy (non-hydrogen) atoms. The summed E-state index contributed by atoms with van der Waals surface area (Å²) in [5, 5.41) is 51.6. The molecule has 2 fully saturated rings. The van der Waals surface area contributed by atoms with Crippen LogP contribution in [0.3, 0.4) is 0 Å². The Hall–Kier alpha value is -0.770. The number of nitrogens with one attached hydrogen (secondary N) is 2. The van der Waals surface area contributed by atoms with E-state index in [1.807, 2.05) is 0 Å². The van der Waals surface area contributed by atoms with Crippen molar-refractivity contribution >= 4 is 5.97 Å². The highest BCUT2D eigenvalue weighted by atomic mass is 16.4. The van der Waals surface area contributed by atoms with Gasteiger partial charge in [-0.15, -0.1) is 0 Å². The fraction of sp³-hybridized carbons (Fsp3) is 0.909. The molecule has 0 spiro atoms. The predicted octanol–water partition coefficient (Wildman–Crippen LogP) is -3.14. The summed E-state index contributed by atoms with van der Waals surface area (Å²) in [5.74, 6) is -1.50. The molecule has 0 unspecified atom stereocenters. The summed E-state index contributed by atoms with van der Waals surface area (Å²) in [7, 11) is 0. The van der Waals surface area contributed by atoms with Gasteiger partial charge in [-0.05, 0) is 0 Å². The van der Waals surface area contributed by atoms with Gasteiger partial charge in [-0.3, -0.25) is 0 Å². The maximum Gasteiger partial charge on any atom is 0.335 e. The minimum Gasteiger partial charge on any atom is -0.479 e. The SMILES string of the molecule is C1CNCCN1.O=C(O)C1(O)C[C@H](O)C(O)[C@@H](O)C1. The second kappa shape index (κ2) is 7.13. The summed E-state index contributed by atoms with van der Waals surface area (Å²) < 4.78 is 0. The summed E-state index contributed by atoms with van der Waals surface area (Å²) in [6.07, 6.45) is -5.16. The van der Waals surface area contributed by atoms with Crippen LogP contribution in [0.2, 0.25) is 0 Å². The second-order valence-electron chi connectivity index (χ2n) is 4.87. The Kier molecular flexibility index (Phi) is 6.11. The molecule has 0 radical (unpaired) electrons. The van der Waals surface area contributed by atoms with Crippen molar-refractivity contribution in [3.8, 4) is 0 Å². The Morgan fingerprint density at radius 2 is 1.32 bits per heavy atom. The molecule has 1 saturated heterocycles. The Morgan fingerprint density at radius 1 is 0.947 bits per heavy atom. The number of carbonyl (C=O) groups is 1. The van der Waals surface area contributed by atoms with Gasteiger partial charge in [0.1, 0.15) is 6.10 Å². The minimum atomic E-state index is -2.14. The quantitative estimate of drug-likeness (QED) is 0.267. The molecule has 7 N–H and O–H groups in total. The Morgan fingerprint density at radius 3 is 1.58 bits per heavy atom. The van der Waals surface area contributed by atoms with Gasteiger partial charge in [0.15, 0.2) is 5.60 Å². The smallest absolute Gasteiger partial charge is 0.335 e. The summed E-state index contributed by atoms with van der Waals surface area (Å²) in [6, 6.07) is 0. The molecule has 1 aliphatic heterocycles. The molecule has 2 rings (SSSR count). The van der Waals surface area contributed by atoms with Crippen molar-refractivity contribution < 1.29 is 30.3 Å². The molecule has 0 amide bonds. The Balaban J connectivity index is 0.000000250. The third kappa shape index (κ3) is 4.68. The molecule has 112 valence electrons. The molecule has 0 aromatic carbocycles. The number of piperazine rings is 1. The van der Waals surface area contributed by atoms with Crippen LogP contribution in [0.15, 0.2) is 0 Å². The normalized spacial score (nSPS) is 39.1. The molecule has 0 aromatic rings. The lowest BCUT2D eigenvalue weighted by Gasteiger charge is -2.37. The first-order valence-corrected chi connectivity index (χ1v) is 6.28. The summed E-state index contributed by atoms with van der Waals surface area (Å²) in [4.78, 5) is 10.5. The van der Waals surface area contributed by atoms with Crippen LogP contribution >= 0.6 is 0 Å². The van der Waals surface area contributed by atoms with Crippen molar-refractivity contribution in [2.24, 2.45) is 0 Å². The van der Waals surface area contributed by atoms with Crippen molar-refractivity contribution in [2.75, 3.05) is 26.2 Å². The van der Waals surface area contributed by atoms with Gasteiger partial charge in [0.05, 0.1) is 12.2 Å². The van der Waals surface area contributed by atoms with Gasteiger partial charge in [0, 0.05) is 39.0 Å². The van der Waals surface area contributed by atoms with E-state index in [0.29, 0.717) is 0 Å². The predicted molar refractivity (Wildman–Crippen MR) is 65.6 cm³/mol. The fourth-order valence-corrected chi connectivity index (χ4v) is 2.05. The van der Waals surface area contributed by atoms with Crippen LogP contribution < -0.4 is 10.6 Å². The summed E-state index contributed by atoms with van der Waals surface area (Å²) >= 11 is 0. The lowest BCUT2D eigenvalue weighted by atomic mass is 9.80. The first-order valence-electron chi connectivity index (χ1n) is 6.28. The van der Waals surface area contributed by atoms with E-state index in [-0.39, 0.29) is 0 Å². The van der Waals surface area contributed by atoms with Crippen LogP contribution in [-0.4, -0.2) is 81.6 Å². The average molecular weight is 278 g/mol. The van der Waals surface area contributed by atoms with Gasteiger partial charge in [0.2, 0.25) is 0 Å². The highest BCUT2D eigenvalue weighted by Crippen LogP contribution is 2.29. The molecule has 8 nitrogen and oxygen atoms in total.